The second kappa shape index (κ2) is 7.11. The molecular weight excluding hydrogens is 326 g/mol. The minimum atomic E-state index is 0.758. The first-order valence-electron chi connectivity index (χ1n) is 7.56. The second-order valence-electron chi connectivity index (χ2n) is 5.39. The summed E-state index contributed by atoms with van der Waals surface area (Å²) >= 11 is 7.61. The van der Waals surface area contributed by atoms with Crippen LogP contribution in [-0.2, 0) is 6.42 Å². The molecule has 3 rings (SSSR count). The first-order valence-corrected chi connectivity index (χ1v) is 8.82. The zero-order valence-electron chi connectivity index (χ0n) is 13.1. The highest BCUT2D eigenvalue weighted by atomic mass is 35.5. The van der Waals surface area contributed by atoms with Gasteiger partial charge in [0.25, 0.3) is 0 Å². The summed E-state index contributed by atoms with van der Waals surface area (Å²) in [6, 6.07) is 7.95. The summed E-state index contributed by atoms with van der Waals surface area (Å²) < 4.78 is 0. The maximum Gasteiger partial charge on any atom is 0.142 e. The molecule has 0 atom stereocenters. The van der Waals surface area contributed by atoms with E-state index in [0.29, 0.717) is 0 Å². The van der Waals surface area contributed by atoms with E-state index in [-0.39, 0.29) is 0 Å². The monoisotopic (exact) mass is 343 g/mol. The molecule has 0 spiro atoms. The van der Waals surface area contributed by atoms with Gasteiger partial charge in [-0.25, -0.2) is 9.97 Å². The van der Waals surface area contributed by atoms with Crippen LogP contribution in [0.25, 0.3) is 10.2 Å². The highest BCUT2D eigenvalue weighted by molar-refractivity contribution is 7.17. The normalized spacial score (nSPS) is 11.9. The molecule has 1 N–H and O–H groups in total. The lowest BCUT2D eigenvalue weighted by molar-refractivity contribution is 1.08. The molecule has 0 radical (unpaired) electrons. The van der Waals surface area contributed by atoms with E-state index >= 15 is 0 Å². The summed E-state index contributed by atoms with van der Waals surface area (Å²) in [7, 11) is 0. The Labute approximate surface area is 145 Å². The number of aromatic nitrogens is 2. The van der Waals surface area contributed by atoms with Crippen LogP contribution in [0.2, 0.25) is 5.02 Å². The number of allylic oxidation sites excluding steroid dienone is 2. The maximum absolute atomic E-state index is 5.96. The molecule has 118 valence electrons. The van der Waals surface area contributed by atoms with Crippen LogP contribution >= 0.6 is 22.9 Å². The number of benzene rings is 1. The second-order valence-corrected chi connectivity index (χ2v) is 6.68. The summed E-state index contributed by atoms with van der Waals surface area (Å²) in [5.41, 5.74) is 3.56. The van der Waals surface area contributed by atoms with Crippen molar-refractivity contribution >= 4 is 39.0 Å². The van der Waals surface area contributed by atoms with E-state index in [4.69, 9.17) is 11.6 Å². The molecule has 0 unspecified atom stereocenters. The Bertz CT molecular complexity index is 837. The van der Waals surface area contributed by atoms with Gasteiger partial charge >= 0.3 is 0 Å². The number of thiophene rings is 1. The van der Waals surface area contributed by atoms with Crippen molar-refractivity contribution in [3.05, 3.63) is 63.9 Å². The van der Waals surface area contributed by atoms with E-state index < -0.39 is 0 Å². The van der Waals surface area contributed by atoms with Crippen molar-refractivity contribution in [1.29, 1.82) is 0 Å². The largest absolute Gasteiger partial charge is 0.343 e. The fourth-order valence-electron chi connectivity index (χ4n) is 2.50. The predicted molar refractivity (Wildman–Crippen MR) is 99.3 cm³/mol. The minimum Gasteiger partial charge on any atom is -0.343 e. The van der Waals surface area contributed by atoms with Gasteiger partial charge in [-0.1, -0.05) is 36.7 Å². The van der Waals surface area contributed by atoms with Crippen LogP contribution in [0, 0.1) is 6.92 Å². The van der Waals surface area contributed by atoms with E-state index in [9.17, 15) is 0 Å². The van der Waals surface area contributed by atoms with Crippen LogP contribution in [0.4, 0.5) is 5.82 Å². The molecule has 2 heterocycles. The van der Waals surface area contributed by atoms with Gasteiger partial charge in [-0.05, 0) is 42.0 Å². The fraction of sp³-hybridized carbons (Fsp3) is 0.222. The zero-order valence-corrected chi connectivity index (χ0v) is 14.7. The van der Waals surface area contributed by atoms with Gasteiger partial charge in [-0.15, -0.1) is 11.3 Å². The molecule has 0 aliphatic carbocycles. The van der Waals surface area contributed by atoms with E-state index in [1.54, 1.807) is 17.7 Å². The molecule has 0 fully saturated rings. The first-order chi connectivity index (χ1) is 11.2. The first kappa shape index (κ1) is 16.0. The lowest BCUT2D eigenvalue weighted by Gasteiger charge is -2.12. The van der Waals surface area contributed by atoms with Gasteiger partial charge in [0.05, 0.1) is 5.39 Å². The summed E-state index contributed by atoms with van der Waals surface area (Å²) in [6.45, 7) is 4.23. The summed E-state index contributed by atoms with van der Waals surface area (Å²) in [5, 5.41) is 7.48. The molecule has 5 heteroatoms. The quantitative estimate of drug-likeness (QED) is 0.655. The summed E-state index contributed by atoms with van der Waals surface area (Å²) in [6.07, 6.45) is 5.60. The molecule has 0 aliphatic heterocycles. The number of rotatable bonds is 5. The number of fused-ring (bicyclic) bond motifs is 1. The number of aryl methyl sites for hydroxylation is 1. The lowest BCUT2D eigenvalue weighted by atomic mass is 10.1. The number of nitrogens with one attached hydrogen (secondary N) is 1. The molecule has 3 aromatic rings. The molecule has 23 heavy (non-hydrogen) atoms. The van der Waals surface area contributed by atoms with Crippen LogP contribution in [0.3, 0.4) is 0 Å². The SMILES string of the molecule is CC/C=C(/Cc1ccc(Cl)cc1)Nc1ncnc2scc(C)c12. The van der Waals surface area contributed by atoms with Crippen LogP contribution in [0.5, 0.6) is 0 Å². The van der Waals surface area contributed by atoms with Crippen molar-refractivity contribution in [1.82, 2.24) is 9.97 Å². The molecule has 2 aromatic heterocycles. The summed E-state index contributed by atoms with van der Waals surface area (Å²) in [5.74, 6) is 0.877. The Morgan fingerprint density at radius 2 is 2.04 bits per heavy atom. The average molecular weight is 344 g/mol. The Morgan fingerprint density at radius 3 is 2.78 bits per heavy atom. The number of anilines is 1. The maximum atomic E-state index is 5.96. The molecule has 0 bridgehead atoms. The highest BCUT2D eigenvalue weighted by Gasteiger charge is 2.10. The molecule has 0 saturated carbocycles. The van der Waals surface area contributed by atoms with Gasteiger partial charge < -0.3 is 5.32 Å². The third-order valence-electron chi connectivity index (χ3n) is 3.59. The van der Waals surface area contributed by atoms with Crippen LogP contribution in [-0.4, -0.2) is 9.97 Å². The third-order valence-corrected chi connectivity index (χ3v) is 4.85. The molecule has 0 aliphatic rings. The summed E-state index contributed by atoms with van der Waals surface area (Å²) in [4.78, 5) is 9.80. The van der Waals surface area contributed by atoms with E-state index in [2.05, 4.69) is 52.7 Å². The number of hydrogen-bond donors (Lipinski definition) is 1. The minimum absolute atomic E-state index is 0.758. The topological polar surface area (TPSA) is 37.8 Å². The number of hydrogen-bond acceptors (Lipinski definition) is 4. The van der Waals surface area contributed by atoms with Crippen molar-refractivity contribution < 1.29 is 0 Å². The van der Waals surface area contributed by atoms with Crippen molar-refractivity contribution in [2.75, 3.05) is 5.32 Å². The van der Waals surface area contributed by atoms with E-state index in [0.717, 1.165) is 39.6 Å². The van der Waals surface area contributed by atoms with E-state index in [1.807, 2.05) is 12.1 Å². The smallest absolute Gasteiger partial charge is 0.142 e. The average Bonchev–Trinajstić information content (AvgIpc) is 2.92. The Kier molecular flexibility index (Phi) is 4.94. The third kappa shape index (κ3) is 3.71. The number of nitrogens with zero attached hydrogens (tertiary/aromatic N) is 2. The van der Waals surface area contributed by atoms with Gasteiger partial charge in [-0.2, -0.15) is 0 Å². The van der Waals surface area contributed by atoms with Gasteiger partial charge in [-0.3, -0.25) is 0 Å². The van der Waals surface area contributed by atoms with Crippen molar-refractivity contribution in [2.45, 2.75) is 26.7 Å². The van der Waals surface area contributed by atoms with Gasteiger partial charge in [0.1, 0.15) is 17.0 Å². The predicted octanol–water partition coefficient (Wildman–Crippen LogP) is 5.60. The van der Waals surface area contributed by atoms with Crippen LogP contribution in [0.15, 0.2) is 47.7 Å². The fourth-order valence-corrected chi connectivity index (χ4v) is 3.52. The van der Waals surface area contributed by atoms with Crippen LogP contribution < -0.4 is 5.32 Å². The Balaban J connectivity index is 1.88. The van der Waals surface area contributed by atoms with Crippen molar-refractivity contribution in [3.8, 4) is 0 Å². The standard InChI is InChI=1S/C18H18ClN3S/c1-3-4-15(9-13-5-7-14(19)8-6-13)22-17-16-12(2)10-23-18(16)21-11-20-17/h4-8,10-11H,3,9H2,1-2H3,(H,20,21,22)/b15-4-. The van der Waals surface area contributed by atoms with Crippen molar-refractivity contribution in [3.63, 3.8) is 0 Å². The van der Waals surface area contributed by atoms with E-state index in [1.165, 1.54) is 11.1 Å². The van der Waals surface area contributed by atoms with Gasteiger partial charge in [0, 0.05) is 17.1 Å². The molecular formula is C18H18ClN3S. The number of halogens is 1. The van der Waals surface area contributed by atoms with Crippen molar-refractivity contribution in [2.24, 2.45) is 0 Å². The van der Waals surface area contributed by atoms with Crippen LogP contribution in [0.1, 0.15) is 24.5 Å². The molecule has 0 saturated heterocycles. The molecule has 0 amide bonds. The zero-order chi connectivity index (χ0) is 16.2. The molecule has 1 aromatic carbocycles. The lowest BCUT2D eigenvalue weighted by Crippen LogP contribution is -2.05. The van der Waals surface area contributed by atoms with Gasteiger partial charge in [0.15, 0.2) is 0 Å². The highest BCUT2D eigenvalue weighted by Crippen LogP contribution is 2.29. The molecule has 3 nitrogen and oxygen atoms in total. The Morgan fingerprint density at radius 1 is 1.26 bits per heavy atom. The van der Waals surface area contributed by atoms with Gasteiger partial charge in [0.2, 0.25) is 0 Å². The Hall–Kier alpha value is -1.91.